The lowest BCUT2D eigenvalue weighted by Crippen LogP contribution is -2.45. The largest absolute Gasteiger partial charge is 0.472 e. The van der Waals surface area contributed by atoms with Crippen LogP contribution in [-0.4, -0.2) is 73.4 Å². The Kier molecular flexibility index (Phi) is 56.9. The molecular formula is C67H130N2O6P+. The number of allylic oxidation sites excluding steroid dienone is 7. The number of nitrogens with one attached hydrogen (secondary N) is 1. The van der Waals surface area contributed by atoms with Gasteiger partial charge in [-0.15, -0.1) is 0 Å². The van der Waals surface area contributed by atoms with Gasteiger partial charge in [0.1, 0.15) is 13.2 Å². The summed E-state index contributed by atoms with van der Waals surface area (Å²) in [6, 6.07) is -0.871. The zero-order chi connectivity index (χ0) is 55.6. The Morgan fingerprint density at radius 1 is 0.434 bits per heavy atom. The summed E-state index contributed by atoms with van der Waals surface area (Å²) in [7, 11) is 1.56. The van der Waals surface area contributed by atoms with Crippen molar-refractivity contribution >= 4 is 13.7 Å². The lowest BCUT2D eigenvalue weighted by atomic mass is 10.0. The van der Waals surface area contributed by atoms with Crippen molar-refractivity contribution in [3.8, 4) is 0 Å². The smallest absolute Gasteiger partial charge is 0.387 e. The van der Waals surface area contributed by atoms with Crippen molar-refractivity contribution in [3.05, 3.63) is 48.6 Å². The Morgan fingerprint density at radius 3 is 1.05 bits per heavy atom. The van der Waals surface area contributed by atoms with Gasteiger partial charge in [0.2, 0.25) is 5.91 Å². The maximum Gasteiger partial charge on any atom is 0.472 e. The minimum Gasteiger partial charge on any atom is -0.387 e. The van der Waals surface area contributed by atoms with Gasteiger partial charge in [-0.1, -0.05) is 294 Å². The number of hydrogen-bond donors (Lipinski definition) is 3. The van der Waals surface area contributed by atoms with Gasteiger partial charge in [-0.25, -0.2) is 4.57 Å². The number of carbonyl (C=O) groups excluding carboxylic acids is 1. The summed E-state index contributed by atoms with van der Waals surface area (Å²) >= 11 is 0. The van der Waals surface area contributed by atoms with Crippen LogP contribution in [0.1, 0.15) is 322 Å². The fourth-order valence-corrected chi connectivity index (χ4v) is 10.6. The van der Waals surface area contributed by atoms with Crippen LogP contribution in [0.2, 0.25) is 0 Å². The van der Waals surface area contributed by atoms with E-state index in [0.717, 1.165) is 44.9 Å². The SMILES string of the molecule is CCCCCCCCCC/C=C\CCCCCCCCCCCCCCCCCC(=O)NC(COP(=O)(O)OCC[N+](C)(C)C)C(O)/C=C/CC/C=C/CC/C=C/CCCCCCCCCCCCCCCCCCC. The van der Waals surface area contributed by atoms with E-state index in [2.05, 4.69) is 55.6 Å². The molecule has 0 saturated heterocycles. The van der Waals surface area contributed by atoms with Crippen LogP contribution in [0.15, 0.2) is 48.6 Å². The third kappa shape index (κ3) is 60.1. The number of carbonyl (C=O) groups is 1. The van der Waals surface area contributed by atoms with Crippen LogP contribution in [-0.2, 0) is 18.4 Å². The molecule has 448 valence electrons. The maximum absolute atomic E-state index is 13.0. The molecular weight excluding hydrogens is 960 g/mol. The molecule has 0 spiro atoms. The van der Waals surface area contributed by atoms with Crippen molar-refractivity contribution in [2.45, 2.75) is 334 Å². The molecule has 8 nitrogen and oxygen atoms in total. The standard InChI is InChI=1S/C67H129N2O6P/c1-6-8-10-12-14-16-18-20-22-24-26-28-30-32-34-36-38-40-42-44-46-48-50-52-54-56-58-60-66(70)65(64-75-76(72,73)74-63-62-69(3,4)5)68-67(71)61-59-57-55-53-51-49-47-45-43-41-39-37-35-33-31-29-27-25-23-21-19-17-15-13-11-9-7-2/h25,27,42,44,50,52,58,60,65-66,70H,6-24,26,28-41,43,45-49,51,53-57,59,61-64H2,1-5H3,(H-,68,71,72,73)/p+1/b27-25-,44-42+,52-50+,60-58+. The third-order valence-corrected chi connectivity index (χ3v) is 16.0. The molecule has 1 amide bonds. The van der Waals surface area contributed by atoms with Crippen molar-refractivity contribution in [2.75, 3.05) is 40.9 Å². The zero-order valence-corrected chi connectivity index (χ0v) is 52.2. The van der Waals surface area contributed by atoms with Crippen molar-refractivity contribution in [1.82, 2.24) is 5.32 Å². The Morgan fingerprint density at radius 2 is 0.724 bits per heavy atom. The van der Waals surface area contributed by atoms with Crippen LogP contribution in [0.3, 0.4) is 0 Å². The number of hydrogen-bond acceptors (Lipinski definition) is 5. The molecule has 0 aromatic rings. The highest BCUT2D eigenvalue weighted by Gasteiger charge is 2.28. The van der Waals surface area contributed by atoms with Crippen LogP contribution in [0.4, 0.5) is 0 Å². The predicted octanol–water partition coefficient (Wildman–Crippen LogP) is 20.7. The van der Waals surface area contributed by atoms with Crippen LogP contribution >= 0.6 is 7.82 Å². The summed E-state index contributed by atoms with van der Waals surface area (Å²) in [6.45, 7) is 4.83. The Balaban J connectivity index is 4.17. The molecule has 3 unspecified atom stereocenters. The van der Waals surface area contributed by atoms with E-state index in [1.807, 2.05) is 27.2 Å². The topological polar surface area (TPSA) is 105 Å². The van der Waals surface area contributed by atoms with Crippen molar-refractivity contribution in [3.63, 3.8) is 0 Å². The number of phosphoric acid groups is 1. The molecule has 0 aromatic heterocycles. The molecule has 0 heterocycles. The van der Waals surface area contributed by atoms with E-state index in [0.29, 0.717) is 17.4 Å². The number of quaternary nitrogens is 1. The normalized spacial score (nSPS) is 14.0. The monoisotopic (exact) mass is 1090 g/mol. The summed E-state index contributed by atoms with van der Waals surface area (Å²) in [5.74, 6) is -0.186. The first-order valence-corrected chi connectivity index (χ1v) is 34.5. The van der Waals surface area contributed by atoms with E-state index in [1.54, 1.807) is 6.08 Å². The van der Waals surface area contributed by atoms with Crippen molar-refractivity contribution < 1.29 is 32.9 Å². The summed E-state index contributed by atoms with van der Waals surface area (Å²) in [5.41, 5.74) is 0. The number of aliphatic hydroxyl groups excluding tert-OH is 1. The number of likely N-dealkylation sites (N-methyl/N-ethyl adjacent to an activating group) is 1. The molecule has 9 heteroatoms. The van der Waals surface area contributed by atoms with Crippen LogP contribution in [0.25, 0.3) is 0 Å². The Bertz CT molecular complexity index is 1380. The average molecular weight is 1090 g/mol. The van der Waals surface area contributed by atoms with Crippen LogP contribution < -0.4 is 5.32 Å². The van der Waals surface area contributed by atoms with E-state index in [9.17, 15) is 19.4 Å². The average Bonchev–Trinajstić information content (AvgIpc) is 3.38. The highest BCUT2D eigenvalue weighted by atomic mass is 31.2. The Labute approximate surface area is 473 Å². The van der Waals surface area contributed by atoms with E-state index in [4.69, 9.17) is 9.05 Å². The number of amides is 1. The molecule has 76 heavy (non-hydrogen) atoms. The van der Waals surface area contributed by atoms with Crippen molar-refractivity contribution in [1.29, 1.82) is 0 Å². The molecule has 0 aliphatic rings. The molecule has 0 fully saturated rings. The molecule has 0 saturated carbocycles. The van der Waals surface area contributed by atoms with Gasteiger partial charge in [-0.05, 0) is 70.6 Å². The van der Waals surface area contributed by atoms with Gasteiger partial charge in [0, 0.05) is 6.42 Å². The first-order valence-electron chi connectivity index (χ1n) is 33.0. The quantitative estimate of drug-likeness (QED) is 0.0243. The molecule has 0 bridgehead atoms. The first kappa shape index (κ1) is 74.5. The molecule has 0 aromatic carbocycles. The second-order valence-corrected chi connectivity index (χ2v) is 25.3. The Hall–Kier alpha value is -1.54. The number of unbranched alkanes of at least 4 members (excludes halogenated alkanes) is 42. The van der Waals surface area contributed by atoms with Gasteiger partial charge >= 0.3 is 7.82 Å². The molecule has 3 N–H and O–H groups in total. The summed E-state index contributed by atoms with van der Waals surface area (Å²) in [6.07, 6.45) is 78.2. The second-order valence-electron chi connectivity index (χ2n) is 23.8. The second kappa shape index (κ2) is 58.1. The van der Waals surface area contributed by atoms with E-state index >= 15 is 0 Å². The third-order valence-electron chi connectivity index (χ3n) is 15.0. The minimum absolute atomic E-state index is 0.0539. The highest BCUT2D eigenvalue weighted by molar-refractivity contribution is 7.47. The summed E-state index contributed by atoms with van der Waals surface area (Å²) < 4.78 is 23.8. The maximum atomic E-state index is 13.0. The van der Waals surface area contributed by atoms with Gasteiger partial charge in [0.25, 0.3) is 0 Å². The molecule has 0 aliphatic heterocycles. The van der Waals surface area contributed by atoms with Gasteiger partial charge in [0.15, 0.2) is 0 Å². The van der Waals surface area contributed by atoms with E-state index < -0.39 is 20.0 Å². The van der Waals surface area contributed by atoms with Crippen molar-refractivity contribution in [2.24, 2.45) is 0 Å². The molecule has 0 radical (unpaired) electrons. The van der Waals surface area contributed by atoms with E-state index in [-0.39, 0.29) is 19.1 Å². The van der Waals surface area contributed by atoms with Gasteiger partial charge < -0.3 is 19.8 Å². The van der Waals surface area contributed by atoms with Crippen LogP contribution in [0.5, 0.6) is 0 Å². The van der Waals surface area contributed by atoms with Gasteiger partial charge in [0.05, 0.1) is 39.9 Å². The van der Waals surface area contributed by atoms with E-state index in [1.165, 1.54) is 257 Å². The number of rotatable bonds is 61. The molecule has 0 aliphatic carbocycles. The predicted molar refractivity (Wildman–Crippen MR) is 332 cm³/mol. The summed E-state index contributed by atoms with van der Waals surface area (Å²) in [5, 5.41) is 14.0. The number of nitrogens with zero attached hydrogens (tertiary/aromatic N) is 1. The van der Waals surface area contributed by atoms with Crippen LogP contribution in [0, 0.1) is 0 Å². The number of aliphatic hydroxyl groups is 1. The lowest BCUT2D eigenvalue weighted by molar-refractivity contribution is -0.870. The minimum atomic E-state index is -4.36. The fraction of sp³-hybridized carbons (Fsp3) is 0.866. The lowest BCUT2D eigenvalue weighted by Gasteiger charge is -2.25. The highest BCUT2D eigenvalue weighted by Crippen LogP contribution is 2.43. The summed E-state index contributed by atoms with van der Waals surface area (Å²) in [4.78, 5) is 23.4. The zero-order valence-electron chi connectivity index (χ0n) is 51.3. The van der Waals surface area contributed by atoms with Gasteiger partial charge in [-0.2, -0.15) is 0 Å². The fourth-order valence-electron chi connectivity index (χ4n) is 9.84. The number of phosphoric ester groups is 1. The van der Waals surface area contributed by atoms with Gasteiger partial charge in [-0.3, -0.25) is 13.8 Å². The molecule has 0 rings (SSSR count). The molecule has 3 atom stereocenters. The first-order chi connectivity index (χ1) is 37.0.